The molecular weight excluding hydrogens is 248 g/mol. The average molecular weight is 266 g/mol. The summed E-state index contributed by atoms with van der Waals surface area (Å²) in [6, 6.07) is 4.77. The van der Waals surface area contributed by atoms with Gasteiger partial charge in [-0.05, 0) is 19.1 Å². The number of carbonyl (C=O) groups is 2. The summed E-state index contributed by atoms with van der Waals surface area (Å²) in [4.78, 5) is 24.5. The summed E-state index contributed by atoms with van der Waals surface area (Å²) in [5, 5.41) is 0. The third kappa shape index (κ3) is 4.17. The quantitative estimate of drug-likeness (QED) is 0.633. The number of nitrogens with zero attached hydrogens (tertiary/aromatic N) is 1. The Morgan fingerprint density at radius 3 is 2.58 bits per heavy atom. The normalized spacial score (nSPS) is 9.84. The molecule has 1 rings (SSSR count). The molecule has 19 heavy (non-hydrogen) atoms. The minimum absolute atomic E-state index is 0.117. The van der Waals surface area contributed by atoms with E-state index in [9.17, 15) is 9.59 Å². The predicted molar refractivity (Wildman–Crippen MR) is 71.0 cm³/mol. The second-order valence-corrected chi connectivity index (χ2v) is 3.96. The number of anilines is 1. The fourth-order valence-corrected chi connectivity index (χ4v) is 1.55. The van der Waals surface area contributed by atoms with Crippen molar-refractivity contribution in [2.75, 3.05) is 33.0 Å². The third-order valence-electron chi connectivity index (χ3n) is 2.43. The summed E-state index contributed by atoms with van der Waals surface area (Å²) in [5.74, 6) is -0.277. The first kappa shape index (κ1) is 14.8. The van der Waals surface area contributed by atoms with Gasteiger partial charge < -0.3 is 20.1 Å². The van der Waals surface area contributed by atoms with Gasteiger partial charge in [0.2, 0.25) is 0 Å². The Hall–Kier alpha value is -2.24. The van der Waals surface area contributed by atoms with Crippen LogP contribution in [0.5, 0.6) is 5.75 Å². The van der Waals surface area contributed by atoms with E-state index in [0.29, 0.717) is 23.6 Å². The fraction of sp³-hybridized carbons (Fsp3) is 0.385. The molecule has 2 N–H and O–H groups in total. The lowest BCUT2D eigenvalue weighted by Crippen LogP contribution is -2.32. The standard InChI is InChI=1S/C13H18N2O4/c1-4-19-11-6-9(5-10(14)7-11)13(17)15(2)8-12(16)18-3/h5-7H,4,8,14H2,1-3H3. The maximum Gasteiger partial charge on any atom is 0.325 e. The molecule has 0 aliphatic rings. The lowest BCUT2D eigenvalue weighted by atomic mass is 10.1. The number of amides is 1. The number of esters is 1. The zero-order chi connectivity index (χ0) is 14.4. The van der Waals surface area contributed by atoms with Gasteiger partial charge in [0.1, 0.15) is 12.3 Å². The first-order chi connectivity index (χ1) is 8.97. The summed E-state index contributed by atoms with van der Waals surface area (Å²) in [5.41, 5.74) is 6.51. The molecule has 0 bridgehead atoms. The molecule has 0 spiro atoms. The molecule has 0 unspecified atom stereocenters. The topological polar surface area (TPSA) is 81.9 Å². The van der Waals surface area contributed by atoms with Gasteiger partial charge in [-0.2, -0.15) is 0 Å². The van der Waals surface area contributed by atoms with Crippen LogP contribution in [0.2, 0.25) is 0 Å². The van der Waals surface area contributed by atoms with Crippen LogP contribution in [0.4, 0.5) is 5.69 Å². The molecule has 0 aromatic heterocycles. The second kappa shape index (κ2) is 6.63. The van der Waals surface area contributed by atoms with E-state index >= 15 is 0 Å². The molecule has 1 aromatic rings. The zero-order valence-corrected chi connectivity index (χ0v) is 11.3. The third-order valence-corrected chi connectivity index (χ3v) is 2.43. The number of rotatable bonds is 5. The van der Waals surface area contributed by atoms with E-state index in [-0.39, 0.29) is 12.5 Å². The van der Waals surface area contributed by atoms with Gasteiger partial charge in [-0.1, -0.05) is 0 Å². The molecule has 0 saturated heterocycles. The molecule has 104 valence electrons. The van der Waals surface area contributed by atoms with Gasteiger partial charge >= 0.3 is 5.97 Å². The number of likely N-dealkylation sites (N-methyl/N-ethyl adjacent to an activating group) is 1. The largest absolute Gasteiger partial charge is 0.494 e. The second-order valence-electron chi connectivity index (χ2n) is 3.96. The van der Waals surface area contributed by atoms with Crippen molar-refractivity contribution in [1.29, 1.82) is 0 Å². The highest BCUT2D eigenvalue weighted by atomic mass is 16.5. The smallest absolute Gasteiger partial charge is 0.325 e. The molecule has 0 atom stereocenters. The monoisotopic (exact) mass is 266 g/mol. The lowest BCUT2D eigenvalue weighted by molar-refractivity contribution is -0.141. The van der Waals surface area contributed by atoms with Crippen LogP contribution in [0.1, 0.15) is 17.3 Å². The van der Waals surface area contributed by atoms with Crippen LogP contribution in [-0.4, -0.2) is 44.1 Å². The highest BCUT2D eigenvalue weighted by Crippen LogP contribution is 2.20. The SMILES string of the molecule is CCOc1cc(N)cc(C(=O)N(C)CC(=O)OC)c1. The molecule has 6 heteroatoms. The van der Waals surface area contributed by atoms with Crippen molar-refractivity contribution in [3.05, 3.63) is 23.8 Å². The van der Waals surface area contributed by atoms with Crippen molar-refractivity contribution >= 4 is 17.6 Å². The molecule has 1 aromatic carbocycles. The van der Waals surface area contributed by atoms with Crippen molar-refractivity contribution in [1.82, 2.24) is 4.90 Å². The Bertz CT molecular complexity index is 474. The number of benzene rings is 1. The van der Waals surface area contributed by atoms with E-state index in [1.54, 1.807) is 18.2 Å². The van der Waals surface area contributed by atoms with Crippen LogP contribution in [0, 0.1) is 0 Å². The Kier molecular flexibility index (Phi) is 5.17. The zero-order valence-electron chi connectivity index (χ0n) is 11.3. The number of nitrogen functional groups attached to an aromatic ring is 1. The summed E-state index contributed by atoms with van der Waals surface area (Å²) in [7, 11) is 2.79. The van der Waals surface area contributed by atoms with Crippen molar-refractivity contribution in [3.8, 4) is 5.75 Å². The summed E-state index contributed by atoms with van der Waals surface area (Å²) in [6.45, 7) is 2.21. The predicted octanol–water partition coefficient (Wildman–Crippen LogP) is 0.912. The number of hydrogen-bond acceptors (Lipinski definition) is 5. The van der Waals surface area contributed by atoms with Gasteiger partial charge in [0.05, 0.1) is 13.7 Å². The minimum atomic E-state index is -0.482. The van der Waals surface area contributed by atoms with Crippen molar-refractivity contribution in [2.24, 2.45) is 0 Å². The Labute approximate surface area is 112 Å². The van der Waals surface area contributed by atoms with Crippen molar-refractivity contribution in [3.63, 3.8) is 0 Å². The summed E-state index contributed by atoms with van der Waals surface area (Å²) in [6.07, 6.45) is 0. The molecule has 0 aliphatic heterocycles. The summed E-state index contributed by atoms with van der Waals surface area (Å²) < 4.78 is 9.83. The van der Waals surface area contributed by atoms with Crippen LogP contribution >= 0.6 is 0 Å². The summed E-state index contributed by atoms with van der Waals surface area (Å²) >= 11 is 0. The van der Waals surface area contributed by atoms with E-state index in [4.69, 9.17) is 10.5 Å². The van der Waals surface area contributed by atoms with Gasteiger partial charge in [0.15, 0.2) is 0 Å². The Morgan fingerprint density at radius 1 is 1.32 bits per heavy atom. The highest BCUT2D eigenvalue weighted by Gasteiger charge is 2.16. The number of ether oxygens (including phenoxy) is 2. The maximum atomic E-state index is 12.1. The van der Waals surface area contributed by atoms with Crippen LogP contribution in [0.25, 0.3) is 0 Å². The van der Waals surface area contributed by atoms with Gasteiger partial charge in [-0.3, -0.25) is 9.59 Å². The Morgan fingerprint density at radius 2 is 2.00 bits per heavy atom. The van der Waals surface area contributed by atoms with Crippen LogP contribution in [0.15, 0.2) is 18.2 Å². The number of hydrogen-bond donors (Lipinski definition) is 1. The van der Waals surface area contributed by atoms with Crippen LogP contribution in [0.3, 0.4) is 0 Å². The van der Waals surface area contributed by atoms with E-state index in [1.807, 2.05) is 6.92 Å². The van der Waals surface area contributed by atoms with Crippen molar-refractivity contribution in [2.45, 2.75) is 6.92 Å². The molecule has 0 radical (unpaired) electrons. The minimum Gasteiger partial charge on any atom is -0.494 e. The average Bonchev–Trinajstić information content (AvgIpc) is 2.37. The molecule has 0 saturated carbocycles. The number of carbonyl (C=O) groups excluding carboxylic acids is 2. The molecule has 6 nitrogen and oxygen atoms in total. The molecular formula is C13H18N2O4. The maximum absolute atomic E-state index is 12.1. The first-order valence-electron chi connectivity index (χ1n) is 5.83. The van der Waals surface area contributed by atoms with Gasteiger partial charge in [-0.15, -0.1) is 0 Å². The molecule has 0 aliphatic carbocycles. The van der Waals surface area contributed by atoms with Crippen LogP contribution < -0.4 is 10.5 Å². The number of methoxy groups -OCH3 is 1. The Balaban J connectivity index is 2.89. The molecule has 0 fully saturated rings. The highest BCUT2D eigenvalue weighted by molar-refractivity contribution is 5.97. The van der Waals surface area contributed by atoms with Gasteiger partial charge in [0, 0.05) is 24.4 Å². The molecule has 0 heterocycles. The fourth-order valence-electron chi connectivity index (χ4n) is 1.55. The van der Waals surface area contributed by atoms with E-state index in [2.05, 4.69) is 4.74 Å². The molecule has 1 amide bonds. The lowest BCUT2D eigenvalue weighted by Gasteiger charge is -2.16. The van der Waals surface area contributed by atoms with E-state index in [1.165, 1.54) is 19.1 Å². The van der Waals surface area contributed by atoms with E-state index in [0.717, 1.165) is 0 Å². The van der Waals surface area contributed by atoms with E-state index < -0.39 is 5.97 Å². The van der Waals surface area contributed by atoms with Crippen molar-refractivity contribution < 1.29 is 19.1 Å². The first-order valence-corrected chi connectivity index (χ1v) is 5.83. The van der Waals surface area contributed by atoms with Crippen LogP contribution in [-0.2, 0) is 9.53 Å². The van der Waals surface area contributed by atoms with Gasteiger partial charge in [-0.25, -0.2) is 0 Å². The van der Waals surface area contributed by atoms with Gasteiger partial charge in [0.25, 0.3) is 5.91 Å². The number of nitrogens with two attached hydrogens (primary N) is 1.